The van der Waals surface area contributed by atoms with Gasteiger partial charge < -0.3 is 10.0 Å². The van der Waals surface area contributed by atoms with Crippen LogP contribution < -0.4 is 0 Å². The summed E-state index contributed by atoms with van der Waals surface area (Å²) in [6.07, 6.45) is -0.331. The zero-order valence-corrected chi connectivity index (χ0v) is 10.0. The first-order valence-electron chi connectivity index (χ1n) is 5.43. The third-order valence-electron chi connectivity index (χ3n) is 2.70. The quantitative estimate of drug-likeness (QED) is 0.819. The van der Waals surface area contributed by atoms with Crippen LogP contribution in [0.25, 0.3) is 0 Å². The first kappa shape index (κ1) is 12.2. The second-order valence-electron chi connectivity index (χ2n) is 4.55. The van der Waals surface area contributed by atoms with E-state index in [4.69, 9.17) is 0 Å². The van der Waals surface area contributed by atoms with E-state index in [1.165, 1.54) is 5.56 Å². The van der Waals surface area contributed by atoms with E-state index in [0.29, 0.717) is 0 Å². The van der Waals surface area contributed by atoms with Crippen molar-refractivity contribution in [2.75, 3.05) is 14.1 Å². The van der Waals surface area contributed by atoms with Crippen LogP contribution in [0.1, 0.15) is 25.5 Å². The van der Waals surface area contributed by atoms with Crippen LogP contribution in [0.15, 0.2) is 30.3 Å². The molecule has 2 unspecified atom stereocenters. The average Bonchev–Trinajstić information content (AvgIpc) is 2.18. The lowest BCUT2D eigenvalue weighted by Crippen LogP contribution is -2.34. The molecular formula is C13H21NO. The third kappa shape index (κ3) is 3.05. The zero-order chi connectivity index (χ0) is 11.4. The molecule has 0 radical (unpaired) electrons. The highest BCUT2D eigenvalue weighted by molar-refractivity contribution is 5.20. The summed E-state index contributed by atoms with van der Waals surface area (Å²) in [6.45, 7) is 4.09. The summed E-state index contributed by atoms with van der Waals surface area (Å²) in [4.78, 5) is 2.07. The topological polar surface area (TPSA) is 23.5 Å². The molecule has 0 spiro atoms. The lowest BCUT2D eigenvalue weighted by atomic mass is 9.93. The van der Waals surface area contributed by atoms with Crippen molar-refractivity contribution in [3.05, 3.63) is 35.9 Å². The van der Waals surface area contributed by atoms with Gasteiger partial charge in [0.05, 0.1) is 12.1 Å². The molecule has 1 aromatic rings. The van der Waals surface area contributed by atoms with E-state index in [2.05, 4.69) is 17.0 Å². The van der Waals surface area contributed by atoms with E-state index in [0.717, 1.165) is 0 Å². The number of hydrogen-bond donors (Lipinski definition) is 1. The Morgan fingerprint density at radius 3 is 2.00 bits per heavy atom. The van der Waals surface area contributed by atoms with E-state index >= 15 is 0 Å². The largest absolute Gasteiger partial charge is 0.391 e. The summed E-state index contributed by atoms with van der Waals surface area (Å²) in [5, 5.41) is 10.2. The lowest BCUT2D eigenvalue weighted by molar-refractivity contribution is 0.0401. The van der Waals surface area contributed by atoms with E-state index < -0.39 is 0 Å². The minimum atomic E-state index is -0.331. The van der Waals surface area contributed by atoms with Crippen LogP contribution in [0, 0.1) is 5.92 Å². The molecule has 2 heteroatoms. The molecule has 0 saturated heterocycles. The Morgan fingerprint density at radius 1 is 1.07 bits per heavy atom. The predicted molar refractivity (Wildman–Crippen MR) is 63.7 cm³/mol. The molecule has 15 heavy (non-hydrogen) atoms. The molecule has 0 saturated carbocycles. The molecule has 0 amide bonds. The van der Waals surface area contributed by atoms with Gasteiger partial charge >= 0.3 is 0 Å². The van der Waals surface area contributed by atoms with Crippen LogP contribution in [-0.2, 0) is 0 Å². The summed E-state index contributed by atoms with van der Waals surface area (Å²) < 4.78 is 0. The maximum atomic E-state index is 10.2. The molecule has 0 heterocycles. The Hall–Kier alpha value is -0.860. The highest BCUT2D eigenvalue weighted by Gasteiger charge is 2.25. The van der Waals surface area contributed by atoms with Crippen LogP contribution in [0.5, 0.6) is 0 Å². The number of aliphatic hydroxyl groups excluding tert-OH is 1. The molecule has 0 aromatic heterocycles. The lowest BCUT2D eigenvalue weighted by Gasteiger charge is -2.31. The maximum absolute atomic E-state index is 10.2. The molecule has 1 aromatic carbocycles. The van der Waals surface area contributed by atoms with Crippen molar-refractivity contribution in [1.82, 2.24) is 4.90 Å². The van der Waals surface area contributed by atoms with Crippen molar-refractivity contribution in [3.8, 4) is 0 Å². The van der Waals surface area contributed by atoms with Gasteiger partial charge in [-0.05, 0) is 25.6 Å². The van der Waals surface area contributed by atoms with Gasteiger partial charge in [-0.3, -0.25) is 0 Å². The molecule has 1 N–H and O–H groups in total. The molecule has 2 atom stereocenters. The van der Waals surface area contributed by atoms with Gasteiger partial charge in [-0.15, -0.1) is 0 Å². The Bertz CT molecular complexity index is 282. The van der Waals surface area contributed by atoms with Gasteiger partial charge in [-0.2, -0.15) is 0 Å². The van der Waals surface area contributed by atoms with Crippen LogP contribution in [0.4, 0.5) is 0 Å². The van der Waals surface area contributed by atoms with Gasteiger partial charge in [0.25, 0.3) is 0 Å². The van der Waals surface area contributed by atoms with Crippen molar-refractivity contribution < 1.29 is 5.11 Å². The first-order chi connectivity index (χ1) is 7.04. The summed E-state index contributed by atoms with van der Waals surface area (Å²) in [5.74, 6) is 0.262. The first-order valence-corrected chi connectivity index (χ1v) is 5.43. The maximum Gasteiger partial charge on any atom is 0.0759 e. The second-order valence-corrected chi connectivity index (χ2v) is 4.55. The molecular weight excluding hydrogens is 186 g/mol. The molecule has 84 valence electrons. The highest BCUT2D eigenvalue weighted by atomic mass is 16.3. The fourth-order valence-electron chi connectivity index (χ4n) is 1.82. The number of benzene rings is 1. The monoisotopic (exact) mass is 207 g/mol. The number of likely N-dealkylation sites (N-methyl/N-ethyl adjacent to an activating group) is 1. The standard InChI is InChI=1S/C13H21NO/c1-10(2)13(15)12(14(3)4)11-8-6-5-7-9-11/h5-10,12-13,15H,1-4H3. The minimum absolute atomic E-state index is 0.0752. The van der Waals surface area contributed by atoms with Crippen molar-refractivity contribution in [1.29, 1.82) is 0 Å². The summed E-state index contributed by atoms with van der Waals surface area (Å²) in [6, 6.07) is 10.2. The summed E-state index contributed by atoms with van der Waals surface area (Å²) in [5.41, 5.74) is 1.17. The van der Waals surface area contributed by atoms with E-state index in [1.807, 2.05) is 46.1 Å². The van der Waals surface area contributed by atoms with Crippen LogP contribution in [-0.4, -0.2) is 30.2 Å². The van der Waals surface area contributed by atoms with E-state index in [-0.39, 0.29) is 18.1 Å². The third-order valence-corrected chi connectivity index (χ3v) is 2.70. The van der Waals surface area contributed by atoms with E-state index in [9.17, 15) is 5.11 Å². The Labute approximate surface area is 92.5 Å². The summed E-state index contributed by atoms with van der Waals surface area (Å²) >= 11 is 0. The normalized spacial score (nSPS) is 15.7. The fourth-order valence-corrected chi connectivity index (χ4v) is 1.82. The van der Waals surface area contributed by atoms with Crippen molar-refractivity contribution in [2.45, 2.75) is 26.0 Å². The Balaban J connectivity index is 2.93. The number of aliphatic hydroxyl groups is 1. The molecule has 0 aliphatic rings. The SMILES string of the molecule is CC(C)C(O)C(c1ccccc1)N(C)C. The molecule has 2 nitrogen and oxygen atoms in total. The van der Waals surface area contributed by atoms with Crippen molar-refractivity contribution >= 4 is 0 Å². The van der Waals surface area contributed by atoms with Gasteiger partial charge in [0.1, 0.15) is 0 Å². The van der Waals surface area contributed by atoms with Crippen molar-refractivity contribution in [2.24, 2.45) is 5.92 Å². The molecule has 0 bridgehead atoms. The van der Waals surface area contributed by atoms with Crippen molar-refractivity contribution in [3.63, 3.8) is 0 Å². The summed E-state index contributed by atoms with van der Waals surface area (Å²) in [7, 11) is 4.01. The molecule has 0 aliphatic carbocycles. The molecule has 0 fully saturated rings. The average molecular weight is 207 g/mol. The van der Waals surface area contributed by atoms with Crippen LogP contribution in [0.2, 0.25) is 0 Å². The van der Waals surface area contributed by atoms with Gasteiger partial charge in [0.2, 0.25) is 0 Å². The second kappa shape index (κ2) is 5.29. The molecule has 1 rings (SSSR count). The number of nitrogens with zero attached hydrogens (tertiary/aromatic N) is 1. The van der Waals surface area contributed by atoms with Crippen LogP contribution >= 0.6 is 0 Å². The number of hydrogen-bond acceptors (Lipinski definition) is 2. The minimum Gasteiger partial charge on any atom is -0.391 e. The van der Waals surface area contributed by atoms with Gasteiger partial charge in [-0.1, -0.05) is 44.2 Å². The zero-order valence-electron chi connectivity index (χ0n) is 10.0. The Morgan fingerprint density at radius 2 is 1.60 bits per heavy atom. The number of rotatable bonds is 4. The molecule has 0 aliphatic heterocycles. The Kier molecular flexibility index (Phi) is 4.30. The highest BCUT2D eigenvalue weighted by Crippen LogP contribution is 2.25. The smallest absolute Gasteiger partial charge is 0.0759 e. The van der Waals surface area contributed by atoms with Gasteiger partial charge in [-0.25, -0.2) is 0 Å². The van der Waals surface area contributed by atoms with E-state index in [1.54, 1.807) is 0 Å². The van der Waals surface area contributed by atoms with Gasteiger partial charge in [0.15, 0.2) is 0 Å². The van der Waals surface area contributed by atoms with Crippen LogP contribution in [0.3, 0.4) is 0 Å². The fraction of sp³-hybridized carbons (Fsp3) is 0.538. The predicted octanol–water partition coefficient (Wildman–Crippen LogP) is 2.31. The van der Waals surface area contributed by atoms with Gasteiger partial charge in [0, 0.05) is 0 Å².